The molecule has 0 radical (unpaired) electrons. The third-order valence-corrected chi connectivity index (χ3v) is 8.03. The van der Waals surface area contributed by atoms with Crippen molar-refractivity contribution >= 4 is 49.6 Å². The van der Waals surface area contributed by atoms with Crippen LogP contribution in [-0.2, 0) is 10.0 Å². The standard InChI is InChI=1S/C24H20ClN7O4S2/c25-17-5-7-19(8-6-17)38(35,36)28-11-2-10-26-23-27-12-9-20(29-23)22-21(30-24-31(22)13-14-37-24)16-3-1-4-18(15-16)32(33)34/h1,3-9,12-15,28H,2,10-11H2,(H,26,27,29). The lowest BCUT2D eigenvalue weighted by atomic mass is 10.1. The predicted molar refractivity (Wildman–Crippen MR) is 146 cm³/mol. The Labute approximate surface area is 226 Å². The summed E-state index contributed by atoms with van der Waals surface area (Å²) >= 11 is 7.27. The minimum atomic E-state index is -3.63. The zero-order valence-corrected chi connectivity index (χ0v) is 22.0. The van der Waals surface area contributed by atoms with E-state index in [1.165, 1.54) is 47.7 Å². The molecule has 0 bridgehead atoms. The molecule has 3 heterocycles. The summed E-state index contributed by atoms with van der Waals surface area (Å²) in [5, 5.41) is 16.8. The number of nitrogens with one attached hydrogen (secondary N) is 2. The van der Waals surface area contributed by atoms with E-state index in [0.717, 1.165) is 4.96 Å². The van der Waals surface area contributed by atoms with Gasteiger partial charge in [0, 0.05) is 53.6 Å². The van der Waals surface area contributed by atoms with E-state index in [0.29, 0.717) is 46.6 Å². The Hall–Kier alpha value is -3.91. The Morgan fingerprint density at radius 1 is 1.08 bits per heavy atom. The van der Waals surface area contributed by atoms with E-state index >= 15 is 0 Å². The number of aromatic nitrogens is 4. The number of non-ortho nitro benzene ring substituents is 1. The van der Waals surface area contributed by atoms with Gasteiger partial charge < -0.3 is 5.32 Å². The summed E-state index contributed by atoms with van der Waals surface area (Å²) in [4.78, 5) is 25.3. The minimum absolute atomic E-state index is 0.0264. The minimum Gasteiger partial charge on any atom is -0.354 e. The predicted octanol–water partition coefficient (Wildman–Crippen LogP) is 4.86. The number of hydrogen-bond donors (Lipinski definition) is 2. The van der Waals surface area contributed by atoms with Crippen molar-refractivity contribution in [3.8, 4) is 22.6 Å². The number of benzene rings is 2. The Bertz CT molecular complexity index is 1720. The fraction of sp³-hybridized carbons (Fsp3) is 0.125. The van der Waals surface area contributed by atoms with Gasteiger partial charge in [-0.2, -0.15) is 0 Å². The average molecular weight is 570 g/mol. The van der Waals surface area contributed by atoms with E-state index in [2.05, 4.69) is 20.0 Å². The van der Waals surface area contributed by atoms with Crippen LogP contribution in [0.25, 0.3) is 27.6 Å². The number of fused-ring (bicyclic) bond motifs is 1. The van der Waals surface area contributed by atoms with Gasteiger partial charge >= 0.3 is 0 Å². The van der Waals surface area contributed by atoms with Crippen molar-refractivity contribution in [2.45, 2.75) is 11.3 Å². The lowest BCUT2D eigenvalue weighted by Gasteiger charge is -2.09. The first-order valence-corrected chi connectivity index (χ1v) is 14.1. The molecule has 0 spiro atoms. The molecular weight excluding hydrogens is 550 g/mol. The number of imidazole rings is 1. The van der Waals surface area contributed by atoms with Crippen LogP contribution in [0.3, 0.4) is 0 Å². The van der Waals surface area contributed by atoms with Gasteiger partial charge in [-0.15, -0.1) is 11.3 Å². The maximum Gasteiger partial charge on any atom is 0.270 e. The van der Waals surface area contributed by atoms with Crippen LogP contribution in [0.15, 0.2) is 77.3 Å². The van der Waals surface area contributed by atoms with Crippen LogP contribution in [0.2, 0.25) is 5.02 Å². The first kappa shape index (κ1) is 25.7. The normalized spacial score (nSPS) is 11.6. The lowest BCUT2D eigenvalue weighted by molar-refractivity contribution is -0.384. The van der Waals surface area contributed by atoms with Crippen LogP contribution in [0.4, 0.5) is 11.6 Å². The molecular formula is C24H20ClN7O4S2. The average Bonchev–Trinajstić information content (AvgIpc) is 3.50. The van der Waals surface area contributed by atoms with Gasteiger partial charge in [0.15, 0.2) is 4.96 Å². The number of sulfonamides is 1. The topological polar surface area (TPSA) is 144 Å². The maximum absolute atomic E-state index is 12.4. The summed E-state index contributed by atoms with van der Waals surface area (Å²) in [6, 6.07) is 14.0. The van der Waals surface area contributed by atoms with E-state index in [4.69, 9.17) is 16.6 Å². The van der Waals surface area contributed by atoms with Gasteiger partial charge in [0.1, 0.15) is 11.4 Å². The summed E-state index contributed by atoms with van der Waals surface area (Å²) in [6.07, 6.45) is 3.96. The molecule has 0 amide bonds. The van der Waals surface area contributed by atoms with Gasteiger partial charge in [-0.3, -0.25) is 14.5 Å². The van der Waals surface area contributed by atoms with Gasteiger partial charge in [0.05, 0.1) is 15.5 Å². The van der Waals surface area contributed by atoms with Gasteiger partial charge in [0.2, 0.25) is 16.0 Å². The molecule has 2 N–H and O–H groups in total. The Kier molecular flexibility index (Phi) is 7.33. The van der Waals surface area contributed by atoms with E-state index < -0.39 is 14.9 Å². The van der Waals surface area contributed by atoms with Crippen LogP contribution in [-0.4, -0.2) is 45.8 Å². The first-order chi connectivity index (χ1) is 18.3. The quantitative estimate of drug-likeness (QED) is 0.138. The Morgan fingerprint density at radius 3 is 2.68 bits per heavy atom. The molecule has 0 aliphatic carbocycles. The van der Waals surface area contributed by atoms with Crippen molar-refractivity contribution in [1.29, 1.82) is 0 Å². The second-order valence-electron chi connectivity index (χ2n) is 8.07. The van der Waals surface area contributed by atoms with E-state index in [1.807, 2.05) is 16.0 Å². The molecule has 2 aromatic carbocycles. The van der Waals surface area contributed by atoms with E-state index in [-0.39, 0.29) is 17.1 Å². The highest BCUT2D eigenvalue weighted by molar-refractivity contribution is 7.89. The largest absolute Gasteiger partial charge is 0.354 e. The van der Waals surface area contributed by atoms with Crippen molar-refractivity contribution in [2.24, 2.45) is 0 Å². The smallest absolute Gasteiger partial charge is 0.270 e. The summed E-state index contributed by atoms with van der Waals surface area (Å²) in [7, 11) is -3.63. The number of anilines is 1. The van der Waals surface area contributed by atoms with Crippen molar-refractivity contribution < 1.29 is 13.3 Å². The fourth-order valence-electron chi connectivity index (χ4n) is 3.77. The molecule has 38 heavy (non-hydrogen) atoms. The van der Waals surface area contributed by atoms with Gasteiger partial charge in [-0.25, -0.2) is 28.1 Å². The molecule has 0 atom stereocenters. The molecule has 0 aliphatic heterocycles. The molecule has 0 fully saturated rings. The number of thiazole rings is 1. The zero-order valence-electron chi connectivity index (χ0n) is 19.6. The Balaban J connectivity index is 1.30. The highest BCUT2D eigenvalue weighted by Crippen LogP contribution is 2.34. The third kappa shape index (κ3) is 5.50. The summed E-state index contributed by atoms with van der Waals surface area (Å²) in [5.41, 5.74) is 2.41. The SMILES string of the molecule is O=[N+]([O-])c1cccc(-c2nc3sccn3c2-c2ccnc(NCCCNS(=O)(=O)c3ccc(Cl)cc3)n2)c1. The number of nitrogens with zero attached hydrogens (tertiary/aromatic N) is 5. The van der Waals surface area contributed by atoms with E-state index in [1.54, 1.807) is 24.4 Å². The lowest BCUT2D eigenvalue weighted by Crippen LogP contribution is -2.26. The summed E-state index contributed by atoms with van der Waals surface area (Å²) in [6.45, 7) is 0.636. The second-order valence-corrected chi connectivity index (χ2v) is 11.1. The number of hydrogen-bond acceptors (Lipinski definition) is 9. The van der Waals surface area contributed by atoms with Crippen LogP contribution in [0.1, 0.15) is 6.42 Å². The molecule has 194 valence electrons. The monoisotopic (exact) mass is 569 g/mol. The number of nitro groups is 1. The molecule has 5 aromatic rings. The van der Waals surface area contributed by atoms with Crippen LogP contribution < -0.4 is 10.0 Å². The Morgan fingerprint density at radius 2 is 1.89 bits per heavy atom. The van der Waals surface area contributed by atoms with Gasteiger partial charge in [-0.1, -0.05) is 23.7 Å². The van der Waals surface area contributed by atoms with Crippen molar-refractivity contribution in [3.63, 3.8) is 0 Å². The van der Waals surface area contributed by atoms with Crippen LogP contribution in [0.5, 0.6) is 0 Å². The van der Waals surface area contributed by atoms with E-state index in [9.17, 15) is 18.5 Å². The number of nitro benzene ring substituents is 1. The van der Waals surface area contributed by atoms with Gasteiger partial charge in [-0.05, 0) is 36.8 Å². The third-order valence-electron chi connectivity index (χ3n) is 5.54. The summed E-state index contributed by atoms with van der Waals surface area (Å²) < 4.78 is 29.2. The van der Waals surface area contributed by atoms with Crippen LogP contribution >= 0.6 is 22.9 Å². The van der Waals surface area contributed by atoms with Crippen molar-refractivity contribution in [1.82, 2.24) is 24.1 Å². The molecule has 0 aliphatic rings. The summed E-state index contributed by atoms with van der Waals surface area (Å²) in [5.74, 6) is 0.359. The van der Waals surface area contributed by atoms with Crippen molar-refractivity contribution in [2.75, 3.05) is 18.4 Å². The first-order valence-electron chi connectivity index (χ1n) is 11.3. The number of halogens is 1. The second kappa shape index (κ2) is 10.8. The highest BCUT2D eigenvalue weighted by Gasteiger charge is 2.20. The maximum atomic E-state index is 12.4. The van der Waals surface area contributed by atoms with Crippen LogP contribution in [0, 0.1) is 10.1 Å². The molecule has 0 saturated heterocycles. The zero-order chi connectivity index (χ0) is 26.7. The molecule has 5 rings (SSSR count). The fourth-order valence-corrected chi connectivity index (χ4v) is 5.68. The highest BCUT2D eigenvalue weighted by atomic mass is 35.5. The molecule has 0 saturated carbocycles. The molecule has 0 unspecified atom stereocenters. The number of rotatable bonds is 10. The van der Waals surface area contributed by atoms with Gasteiger partial charge in [0.25, 0.3) is 5.69 Å². The van der Waals surface area contributed by atoms with Crippen molar-refractivity contribution in [3.05, 3.63) is 87.5 Å². The molecule has 3 aromatic heterocycles. The molecule has 14 heteroatoms. The molecule has 11 nitrogen and oxygen atoms in total.